The molecule has 1 amide bonds. The molecule has 1 aromatic carbocycles. The van der Waals surface area contributed by atoms with Gasteiger partial charge in [-0.05, 0) is 77.5 Å². The van der Waals surface area contributed by atoms with Gasteiger partial charge in [-0.15, -0.1) is 0 Å². The zero-order valence-corrected chi connectivity index (χ0v) is 18.4. The van der Waals surface area contributed by atoms with Crippen LogP contribution in [0.2, 0.25) is 0 Å². The Labute approximate surface area is 183 Å². The smallest absolute Gasteiger partial charge is 0.412 e. The molecule has 3 atom stereocenters. The minimum absolute atomic E-state index is 0.0305. The standard InChI is InChI=1S/C24H32N4O3/c1-15-12-18(10-11-25-15)27-14-17(13-26-27)20-8-9-22-21(23(20)31-19-4-3-5-19)7-6-16(2)28(22)24(29)30/h8-9,13-16,18-19,25H,3-7,10-12H2,1-2H3,(H,29,30)/t15-,16+,18+/m1/s1. The summed E-state index contributed by atoms with van der Waals surface area (Å²) < 4.78 is 8.60. The summed E-state index contributed by atoms with van der Waals surface area (Å²) in [6, 6.07) is 4.84. The van der Waals surface area contributed by atoms with Crippen LogP contribution in [0, 0.1) is 0 Å². The second-order valence-corrected chi connectivity index (χ2v) is 9.39. The summed E-state index contributed by atoms with van der Waals surface area (Å²) in [7, 11) is 0. The van der Waals surface area contributed by atoms with Crippen molar-refractivity contribution in [2.75, 3.05) is 11.4 Å². The molecule has 0 bridgehead atoms. The lowest BCUT2D eigenvalue weighted by Gasteiger charge is -2.36. The number of carboxylic acid groups (broad SMARTS) is 1. The molecule has 7 heteroatoms. The number of amides is 1. The van der Waals surface area contributed by atoms with E-state index in [1.807, 2.05) is 25.3 Å². The van der Waals surface area contributed by atoms with E-state index in [0.29, 0.717) is 12.1 Å². The predicted molar refractivity (Wildman–Crippen MR) is 120 cm³/mol. The largest absolute Gasteiger partial charge is 0.489 e. The number of rotatable bonds is 4. The molecule has 31 heavy (non-hydrogen) atoms. The van der Waals surface area contributed by atoms with Crippen molar-refractivity contribution in [1.82, 2.24) is 15.1 Å². The van der Waals surface area contributed by atoms with Gasteiger partial charge in [0.1, 0.15) is 5.75 Å². The lowest BCUT2D eigenvalue weighted by Crippen LogP contribution is -2.41. The van der Waals surface area contributed by atoms with E-state index in [9.17, 15) is 9.90 Å². The molecule has 7 nitrogen and oxygen atoms in total. The Balaban J connectivity index is 1.53. The lowest BCUT2D eigenvalue weighted by molar-refractivity contribution is 0.119. The molecule has 1 aromatic heterocycles. The van der Waals surface area contributed by atoms with Gasteiger partial charge >= 0.3 is 6.09 Å². The zero-order valence-electron chi connectivity index (χ0n) is 18.4. The number of nitrogens with one attached hydrogen (secondary N) is 1. The van der Waals surface area contributed by atoms with Crippen LogP contribution in [0.25, 0.3) is 11.1 Å². The normalized spacial score (nSPS) is 26.3. The molecule has 2 fully saturated rings. The highest BCUT2D eigenvalue weighted by atomic mass is 16.5. The highest BCUT2D eigenvalue weighted by Gasteiger charge is 2.33. The number of ether oxygens (including phenoxy) is 1. The summed E-state index contributed by atoms with van der Waals surface area (Å²) >= 11 is 0. The molecule has 5 rings (SSSR count). The van der Waals surface area contributed by atoms with Gasteiger partial charge in [0.2, 0.25) is 0 Å². The van der Waals surface area contributed by atoms with Gasteiger partial charge in [0.25, 0.3) is 0 Å². The van der Waals surface area contributed by atoms with Crippen LogP contribution >= 0.6 is 0 Å². The van der Waals surface area contributed by atoms with Gasteiger partial charge in [-0.2, -0.15) is 5.10 Å². The average molecular weight is 425 g/mol. The molecule has 0 unspecified atom stereocenters. The first-order chi connectivity index (χ1) is 15.0. The maximum atomic E-state index is 12.0. The maximum absolute atomic E-state index is 12.0. The number of nitrogens with zero attached hydrogens (tertiary/aromatic N) is 3. The molecule has 3 aliphatic rings. The van der Waals surface area contributed by atoms with E-state index in [0.717, 1.165) is 73.2 Å². The predicted octanol–water partition coefficient (Wildman–Crippen LogP) is 4.61. The number of piperidine rings is 1. The van der Waals surface area contributed by atoms with Crippen molar-refractivity contribution in [1.29, 1.82) is 0 Å². The summed E-state index contributed by atoms with van der Waals surface area (Å²) in [5.74, 6) is 0.860. The van der Waals surface area contributed by atoms with Crippen molar-refractivity contribution in [3.63, 3.8) is 0 Å². The minimum Gasteiger partial charge on any atom is -0.489 e. The molecule has 1 saturated carbocycles. The topological polar surface area (TPSA) is 79.6 Å². The number of carbonyl (C=O) groups is 1. The number of aromatic nitrogens is 2. The Morgan fingerprint density at radius 2 is 2.06 bits per heavy atom. The van der Waals surface area contributed by atoms with Crippen molar-refractivity contribution in [3.05, 3.63) is 30.1 Å². The fourth-order valence-corrected chi connectivity index (χ4v) is 5.14. The van der Waals surface area contributed by atoms with Crippen molar-refractivity contribution in [2.24, 2.45) is 0 Å². The first-order valence-electron chi connectivity index (χ1n) is 11.6. The fourth-order valence-electron chi connectivity index (χ4n) is 5.14. The maximum Gasteiger partial charge on any atom is 0.412 e. The first kappa shape index (κ1) is 20.4. The highest BCUT2D eigenvalue weighted by Crippen LogP contribution is 2.44. The van der Waals surface area contributed by atoms with Gasteiger partial charge in [0.05, 0.1) is 24.0 Å². The van der Waals surface area contributed by atoms with E-state index in [2.05, 4.69) is 23.1 Å². The van der Waals surface area contributed by atoms with E-state index in [4.69, 9.17) is 9.84 Å². The average Bonchev–Trinajstić information content (AvgIpc) is 3.20. The van der Waals surface area contributed by atoms with E-state index in [1.165, 1.54) is 11.3 Å². The Hall–Kier alpha value is -2.54. The Morgan fingerprint density at radius 1 is 1.23 bits per heavy atom. The van der Waals surface area contributed by atoms with Gasteiger partial charge < -0.3 is 15.2 Å². The lowest BCUT2D eigenvalue weighted by atomic mass is 9.91. The van der Waals surface area contributed by atoms with E-state index in [-0.39, 0.29) is 12.1 Å². The van der Waals surface area contributed by atoms with Gasteiger partial charge in [-0.25, -0.2) is 4.79 Å². The second kappa shape index (κ2) is 8.19. The zero-order chi connectivity index (χ0) is 21.5. The summed E-state index contributed by atoms with van der Waals surface area (Å²) in [5.41, 5.74) is 3.86. The van der Waals surface area contributed by atoms with Crippen LogP contribution in [0.3, 0.4) is 0 Å². The SMILES string of the molecule is C[C@@H]1C[C@@H](n2cc(-c3ccc4c(c3OC3CCC3)CC[C@H](C)N4C(=O)O)cn2)CCN1. The van der Waals surface area contributed by atoms with Crippen LogP contribution < -0.4 is 15.0 Å². The third-order valence-electron chi connectivity index (χ3n) is 7.17. The molecular formula is C24H32N4O3. The monoisotopic (exact) mass is 424 g/mol. The Kier molecular flexibility index (Phi) is 5.38. The van der Waals surface area contributed by atoms with Crippen LogP contribution in [0.4, 0.5) is 10.5 Å². The second-order valence-electron chi connectivity index (χ2n) is 9.39. The van der Waals surface area contributed by atoms with E-state index in [1.54, 1.807) is 0 Å². The summed E-state index contributed by atoms with van der Waals surface area (Å²) in [5, 5.41) is 18.0. The molecule has 2 N–H and O–H groups in total. The molecular weight excluding hydrogens is 392 g/mol. The van der Waals surface area contributed by atoms with Gasteiger partial charge in [-0.3, -0.25) is 9.58 Å². The molecule has 1 saturated heterocycles. The number of benzene rings is 1. The molecule has 2 aromatic rings. The number of hydrogen-bond acceptors (Lipinski definition) is 4. The summed E-state index contributed by atoms with van der Waals surface area (Å²) in [6.07, 6.45) is 10.5. The van der Waals surface area contributed by atoms with E-state index >= 15 is 0 Å². The highest BCUT2D eigenvalue weighted by molar-refractivity contribution is 5.91. The van der Waals surface area contributed by atoms with Gasteiger partial charge in [0.15, 0.2) is 0 Å². The summed E-state index contributed by atoms with van der Waals surface area (Å²) in [6.45, 7) is 5.21. The molecule has 2 aliphatic heterocycles. The fraction of sp³-hybridized carbons (Fsp3) is 0.583. The molecule has 0 radical (unpaired) electrons. The van der Waals surface area contributed by atoms with Crippen molar-refractivity contribution >= 4 is 11.8 Å². The third-order valence-corrected chi connectivity index (χ3v) is 7.17. The number of hydrogen-bond donors (Lipinski definition) is 2. The minimum atomic E-state index is -0.899. The van der Waals surface area contributed by atoms with Gasteiger partial charge in [-0.1, -0.05) is 0 Å². The van der Waals surface area contributed by atoms with Gasteiger partial charge in [0, 0.05) is 35.0 Å². The van der Waals surface area contributed by atoms with Crippen LogP contribution in [0.5, 0.6) is 5.75 Å². The van der Waals surface area contributed by atoms with E-state index < -0.39 is 6.09 Å². The quantitative estimate of drug-likeness (QED) is 0.749. The van der Waals surface area contributed by atoms with Crippen molar-refractivity contribution in [2.45, 2.75) is 83.0 Å². The third kappa shape index (κ3) is 3.80. The molecule has 1 aliphatic carbocycles. The number of fused-ring (bicyclic) bond motifs is 1. The van der Waals surface area contributed by atoms with Crippen LogP contribution in [0.15, 0.2) is 24.5 Å². The first-order valence-corrected chi connectivity index (χ1v) is 11.6. The number of anilines is 1. The van der Waals surface area contributed by atoms with Crippen molar-refractivity contribution in [3.8, 4) is 16.9 Å². The van der Waals surface area contributed by atoms with Crippen LogP contribution in [-0.4, -0.2) is 45.7 Å². The van der Waals surface area contributed by atoms with Crippen LogP contribution in [0.1, 0.15) is 64.0 Å². The summed E-state index contributed by atoms with van der Waals surface area (Å²) in [4.78, 5) is 13.5. The molecule has 3 heterocycles. The Morgan fingerprint density at radius 3 is 2.77 bits per heavy atom. The van der Waals surface area contributed by atoms with Crippen molar-refractivity contribution < 1.29 is 14.6 Å². The van der Waals surface area contributed by atoms with Crippen LogP contribution in [-0.2, 0) is 6.42 Å². The molecule has 0 spiro atoms. The Bertz CT molecular complexity index is 968. The molecule has 166 valence electrons.